The van der Waals surface area contributed by atoms with Gasteiger partial charge in [-0.05, 0) is 39.1 Å². The molecule has 1 aromatic carbocycles. The fraction of sp³-hybridized carbons (Fsp3) is 0.600. The van der Waals surface area contributed by atoms with Gasteiger partial charge in [0.15, 0.2) is 0 Å². The summed E-state index contributed by atoms with van der Waals surface area (Å²) in [5, 5.41) is 0. The molecule has 0 aliphatic rings. The number of benzene rings is 1. The fourth-order valence-corrected chi connectivity index (χ4v) is 2.16. The molecule has 4 heteroatoms. The maximum absolute atomic E-state index is 14.2. The predicted molar refractivity (Wildman–Crippen MR) is 80.1 cm³/mol. The average molecular weight is 267 g/mol. The molecule has 0 fully saturated rings. The third kappa shape index (κ3) is 4.48. The lowest BCUT2D eigenvalue weighted by Crippen LogP contribution is -2.34. The van der Waals surface area contributed by atoms with Crippen molar-refractivity contribution in [3.8, 4) is 0 Å². The van der Waals surface area contributed by atoms with Crippen molar-refractivity contribution >= 4 is 5.69 Å². The van der Waals surface area contributed by atoms with Crippen LogP contribution in [0.1, 0.15) is 31.9 Å². The Morgan fingerprint density at radius 2 is 1.89 bits per heavy atom. The Balaban J connectivity index is 3.06. The highest BCUT2D eigenvalue weighted by Gasteiger charge is 2.17. The van der Waals surface area contributed by atoms with Crippen molar-refractivity contribution in [2.75, 3.05) is 38.6 Å². The number of hydrogen-bond acceptors (Lipinski definition) is 3. The smallest absolute Gasteiger partial charge is 0.146 e. The summed E-state index contributed by atoms with van der Waals surface area (Å²) in [7, 11) is 4.05. The lowest BCUT2D eigenvalue weighted by molar-refractivity contribution is 0.411. The summed E-state index contributed by atoms with van der Waals surface area (Å²) in [6.45, 7) is 6.55. The normalized spacial score (nSPS) is 12.8. The summed E-state index contributed by atoms with van der Waals surface area (Å²) < 4.78 is 14.2. The zero-order valence-electron chi connectivity index (χ0n) is 12.5. The summed E-state index contributed by atoms with van der Waals surface area (Å²) in [5.41, 5.74) is 7.52. The molecular weight excluding hydrogens is 241 g/mol. The number of anilines is 1. The minimum atomic E-state index is -0.179. The van der Waals surface area contributed by atoms with Gasteiger partial charge in [-0.3, -0.25) is 0 Å². The SMILES string of the molecule is CCCN(CCN(C)C)c1c(F)cccc1C(C)N. The molecule has 2 N–H and O–H groups in total. The minimum Gasteiger partial charge on any atom is -0.368 e. The predicted octanol–water partition coefficient (Wildman–Crippen LogP) is 2.62. The molecule has 3 nitrogen and oxygen atoms in total. The summed E-state index contributed by atoms with van der Waals surface area (Å²) in [6, 6.07) is 5.00. The van der Waals surface area contributed by atoms with Crippen LogP contribution in [0.5, 0.6) is 0 Å². The Morgan fingerprint density at radius 3 is 2.42 bits per heavy atom. The van der Waals surface area contributed by atoms with E-state index < -0.39 is 0 Å². The lowest BCUT2D eigenvalue weighted by Gasteiger charge is -2.29. The molecule has 108 valence electrons. The molecule has 19 heavy (non-hydrogen) atoms. The molecule has 0 aliphatic heterocycles. The number of para-hydroxylation sites is 1. The van der Waals surface area contributed by atoms with Gasteiger partial charge in [0.2, 0.25) is 0 Å². The van der Waals surface area contributed by atoms with E-state index in [0.717, 1.165) is 31.6 Å². The molecule has 0 aromatic heterocycles. The Morgan fingerprint density at radius 1 is 1.21 bits per heavy atom. The first kappa shape index (κ1) is 15.9. The van der Waals surface area contributed by atoms with E-state index in [9.17, 15) is 4.39 Å². The van der Waals surface area contributed by atoms with Gasteiger partial charge in [0, 0.05) is 25.7 Å². The second kappa shape index (κ2) is 7.46. The van der Waals surface area contributed by atoms with E-state index in [1.165, 1.54) is 6.07 Å². The van der Waals surface area contributed by atoms with Gasteiger partial charge in [-0.1, -0.05) is 19.1 Å². The van der Waals surface area contributed by atoms with Gasteiger partial charge in [-0.15, -0.1) is 0 Å². The van der Waals surface area contributed by atoms with Crippen LogP contribution in [0.25, 0.3) is 0 Å². The van der Waals surface area contributed by atoms with Gasteiger partial charge in [0.05, 0.1) is 5.69 Å². The Hall–Kier alpha value is -1.13. The molecule has 0 saturated heterocycles. The molecule has 0 spiro atoms. The van der Waals surface area contributed by atoms with Crippen LogP contribution in [-0.4, -0.2) is 38.6 Å². The van der Waals surface area contributed by atoms with Crippen molar-refractivity contribution in [1.82, 2.24) is 4.90 Å². The molecule has 0 saturated carbocycles. The maximum atomic E-state index is 14.2. The van der Waals surface area contributed by atoms with Crippen molar-refractivity contribution in [2.45, 2.75) is 26.3 Å². The molecule has 1 unspecified atom stereocenters. The van der Waals surface area contributed by atoms with Gasteiger partial charge in [0.25, 0.3) is 0 Å². The maximum Gasteiger partial charge on any atom is 0.146 e. The van der Waals surface area contributed by atoms with Gasteiger partial charge in [-0.2, -0.15) is 0 Å². The van der Waals surface area contributed by atoms with Crippen LogP contribution in [0, 0.1) is 5.82 Å². The highest BCUT2D eigenvalue weighted by atomic mass is 19.1. The van der Waals surface area contributed by atoms with Gasteiger partial charge < -0.3 is 15.5 Å². The second-order valence-corrected chi connectivity index (χ2v) is 5.26. The zero-order valence-corrected chi connectivity index (χ0v) is 12.5. The van der Waals surface area contributed by atoms with Crippen LogP contribution in [0.15, 0.2) is 18.2 Å². The summed E-state index contributed by atoms with van der Waals surface area (Å²) in [4.78, 5) is 4.21. The highest BCUT2D eigenvalue weighted by molar-refractivity contribution is 5.56. The van der Waals surface area contributed by atoms with E-state index in [4.69, 9.17) is 5.73 Å². The summed E-state index contributed by atoms with van der Waals surface area (Å²) in [6.07, 6.45) is 0.986. The van der Waals surface area contributed by atoms with Gasteiger partial charge >= 0.3 is 0 Å². The number of hydrogen-bond donors (Lipinski definition) is 1. The molecule has 1 aromatic rings. The number of nitrogens with zero attached hydrogens (tertiary/aromatic N) is 2. The highest BCUT2D eigenvalue weighted by Crippen LogP contribution is 2.28. The number of rotatable bonds is 7. The molecule has 0 heterocycles. The van der Waals surface area contributed by atoms with Crippen molar-refractivity contribution in [3.05, 3.63) is 29.6 Å². The number of halogens is 1. The molecule has 0 bridgehead atoms. The third-order valence-corrected chi connectivity index (χ3v) is 3.14. The first-order valence-corrected chi connectivity index (χ1v) is 6.91. The Bertz CT molecular complexity index is 391. The first-order valence-electron chi connectivity index (χ1n) is 6.91. The van der Waals surface area contributed by atoms with Gasteiger partial charge in [-0.25, -0.2) is 4.39 Å². The van der Waals surface area contributed by atoms with Crippen LogP contribution in [0.2, 0.25) is 0 Å². The molecule has 1 rings (SSSR count). The second-order valence-electron chi connectivity index (χ2n) is 5.26. The first-order chi connectivity index (χ1) is 8.97. The van der Waals surface area contributed by atoms with Crippen molar-refractivity contribution in [3.63, 3.8) is 0 Å². The molecule has 0 radical (unpaired) electrons. The lowest BCUT2D eigenvalue weighted by atomic mass is 10.0. The van der Waals surface area contributed by atoms with Crippen molar-refractivity contribution < 1.29 is 4.39 Å². The Labute approximate surface area is 116 Å². The fourth-order valence-electron chi connectivity index (χ4n) is 2.16. The molecule has 0 aliphatic carbocycles. The Kier molecular flexibility index (Phi) is 6.25. The quantitative estimate of drug-likeness (QED) is 0.824. The van der Waals surface area contributed by atoms with Gasteiger partial charge in [0.1, 0.15) is 5.82 Å². The van der Waals surface area contributed by atoms with Crippen LogP contribution < -0.4 is 10.6 Å². The molecular formula is C15H26FN3. The van der Waals surface area contributed by atoms with Crippen molar-refractivity contribution in [1.29, 1.82) is 0 Å². The van der Waals surface area contributed by atoms with E-state index in [2.05, 4.69) is 16.7 Å². The summed E-state index contributed by atoms with van der Waals surface area (Å²) >= 11 is 0. The topological polar surface area (TPSA) is 32.5 Å². The zero-order chi connectivity index (χ0) is 14.4. The average Bonchev–Trinajstić information content (AvgIpc) is 2.34. The number of nitrogens with two attached hydrogens (primary N) is 1. The minimum absolute atomic E-state index is 0.163. The van der Waals surface area contributed by atoms with E-state index in [1.807, 2.05) is 27.1 Å². The standard InChI is InChI=1S/C15H26FN3/c1-5-9-19(11-10-18(3)4)15-13(12(2)17)7-6-8-14(15)16/h6-8,12H,5,9-11,17H2,1-4H3. The van der Waals surface area contributed by atoms with Crippen LogP contribution in [-0.2, 0) is 0 Å². The van der Waals surface area contributed by atoms with Crippen LogP contribution in [0.4, 0.5) is 10.1 Å². The largest absolute Gasteiger partial charge is 0.368 e. The van der Waals surface area contributed by atoms with Crippen LogP contribution in [0.3, 0.4) is 0 Å². The van der Waals surface area contributed by atoms with Crippen LogP contribution >= 0.6 is 0 Å². The molecule has 0 amide bonds. The van der Waals surface area contributed by atoms with Crippen molar-refractivity contribution in [2.24, 2.45) is 5.73 Å². The number of likely N-dealkylation sites (N-methyl/N-ethyl adjacent to an activating group) is 1. The van der Waals surface area contributed by atoms with E-state index in [1.54, 1.807) is 6.07 Å². The van der Waals surface area contributed by atoms with E-state index in [-0.39, 0.29) is 11.9 Å². The molecule has 1 atom stereocenters. The summed E-state index contributed by atoms with van der Waals surface area (Å²) in [5.74, 6) is -0.179. The third-order valence-electron chi connectivity index (χ3n) is 3.14. The van der Waals surface area contributed by atoms with E-state index in [0.29, 0.717) is 5.69 Å². The monoisotopic (exact) mass is 267 g/mol. The van der Waals surface area contributed by atoms with E-state index >= 15 is 0 Å².